The summed E-state index contributed by atoms with van der Waals surface area (Å²) in [5.74, 6) is -0.0567. The van der Waals surface area contributed by atoms with Crippen molar-refractivity contribution in [2.24, 2.45) is 0 Å². The van der Waals surface area contributed by atoms with Gasteiger partial charge in [-0.05, 0) is 77.0 Å². The van der Waals surface area contributed by atoms with Gasteiger partial charge in [-0.25, -0.2) is 0 Å². The molecule has 1 amide bonds. The lowest BCUT2D eigenvalue weighted by Gasteiger charge is -2.22. The fourth-order valence-corrected chi connectivity index (χ4v) is 8.98. The molecule has 0 saturated heterocycles. The molecule has 2 unspecified atom stereocenters. The Morgan fingerprint density at radius 1 is 0.415 bits per heavy atom. The highest BCUT2D eigenvalue weighted by molar-refractivity contribution is 5.76. The van der Waals surface area contributed by atoms with E-state index in [9.17, 15) is 19.8 Å². The Kier molecular flexibility index (Phi) is 53.5. The number of aliphatic hydroxyl groups is 2. The van der Waals surface area contributed by atoms with Crippen molar-refractivity contribution in [3.05, 3.63) is 24.3 Å². The summed E-state index contributed by atoms with van der Waals surface area (Å²) < 4.78 is 5.48. The molecule has 3 N–H and O–H groups in total. The number of carbonyl (C=O) groups excluding carboxylic acids is 2. The van der Waals surface area contributed by atoms with Crippen LogP contribution in [0, 0.1) is 0 Å². The molecule has 0 fully saturated rings. The number of aliphatic hydroxyl groups excluding tert-OH is 2. The maximum absolute atomic E-state index is 12.5. The Morgan fingerprint density at radius 2 is 0.723 bits per heavy atom. The third-order valence-electron chi connectivity index (χ3n) is 13.5. The van der Waals surface area contributed by atoms with E-state index < -0.39 is 12.1 Å². The Hall–Kier alpha value is -1.66. The minimum atomic E-state index is -0.674. The van der Waals surface area contributed by atoms with Crippen LogP contribution in [0.15, 0.2) is 24.3 Å². The molecule has 0 aliphatic heterocycles. The van der Waals surface area contributed by atoms with Crippen LogP contribution in [0.5, 0.6) is 0 Å². The smallest absolute Gasteiger partial charge is 0.305 e. The molecule has 384 valence electrons. The number of hydrogen-bond acceptors (Lipinski definition) is 5. The second-order valence-corrected chi connectivity index (χ2v) is 20.0. The zero-order valence-corrected chi connectivity index (χ0v) is 43.7. The van der Waals surface area contributed by atoms with Crippen LogP contribution in [0.3, 0.4) is 0 Å². The van der Waals surface area contributed by atoms with Crippen LogP contribution in [0.2, 0.25) is 0 Å². The van der Waals surface area contributed by atoms with Gasteiger partial charge in [0.1, 0.15) is 0 Å². The predicted octanol–water partition coefficient (Wildman–Crippen LogP) is 17.9. The molecule has 65 heavy (non-hydrogen) atoms. The highest BCUT2D eigenvalue weighted by Gasteiger charge is 2.20. The highest BCUT2D eigenvalue weighted by atomic mass is 16.5. The van der Waals surface area contributed by atoms with E-state index in [4.69, 9.17) is 4.74 Å². The Labute approximate surface area is 405 Å². The van der Waals surface area contributed by atoms with Gasteiger partial charge in [-0.2, -0.15) is 0 Å². The molecule has 0 aliphatic carbocycles. The van der Waals surface area contributed by atoms with Crippen molar-refractivity contribution in [3.63, 3.8) is 0 Å². The first kappa shape index (κ1) is 63.3. The fraction of sp³-hybridized carbons (Fsp3) is 0.898. The van der Waals surface area contributed by atoms with Gasteiger partial charge in [-0.1, -0.05) is 250 Å². The first-order valence-corrected chi connectivity index (χ1v) is 29.1. The summed E-state index contributed by atoms with van der Waals surface area (Å²) in [6.45, 7) is 4.94. The zero-order valence-electron chi connectivity index (χ0n) is 43.7. The van der Waals surface area contributed by atoms with Gasteiger partial charge in [0, 0.05) is 12.8 Å². The summed E-state index contributed by atoms with van der Waals surface area (Å²) >= 11 is 0. The standard InChI is InChI=1S/C59H113NO5/c1-3-5-7-9-11-13-15-17-19-20-21-25-29-33-37-41-45-49-53-59(64)65-54-50-46-42-38-34-30-26-23-22-24-28-32-36-40-44-48-52-58(63)60-56(55-61)57(62)51-47-43-39-35-31-27-18-16-14-12-10-8-6-4-2/h19-20,22,24,56-57,61-62H,3-18,21,23,25-55H2,1-2H3,(H,60,63)/b20-19-,24-22-. The summed E-state index contributed by atoms with van der Waals surface area (Å²) in [6.07, 6.45) is 65.9. The van der Waals surface area contributed by atoms with Crippen LogP contribution >= 0.6 is 0 Å². The third-order valence-corrected chi connectivity index (χ3v) is 13.5. The molecule has 0 bridgehead atoms. The molecule has 0 aromatic heterocycles. The lowest BCUT2D eigenvalue weighted by atomic mass is 10.0. The number of hydrogen-bond donors (Lipinski definition) is 3. The van der Waals surface area contributed by atoms with Gasteiger partial charge >= 0.3 is 5.97 Å². The zero-order chi connectivity index (χ0) is 47.2. The van der Waals surface area contributed by atoms with Gasteiger partial charge in [-0.3, -0.25) is 9.59 Å². The molecule has 0 aromatic carbocycles. The lowest BCUT2D eigenvalue weighted by molar-refractivity contribution is -0.143. The van der Waals surface area contributed by atoms with E-state index >= 15 is 0 Å². The number of nitrogens with one attached hydrogen (secondary N) is 1. The molecule has 0 saturated carbocycles. The number of allylic oxidation sites excluding steroid dienone is 4. The van der Waals surface area contributed by atoms with Gasteiger partial charge in [0.25, 0.3) is 0 Å². The van der Waals surface area contributed by atoms with Crippen molar-refractivity contribution in [1.82, 2.24) is 5.32 Å². The lowest BCUT2D eigenvalue weighted by Crippen LogP contribution is -2.45. The van der Waals surface area contributed by atoms with Gasteiger partial charge in [0.2, 0.25) is 5.91 Å². The third kappa shape index (κ3) is 51.6. The van der Waals surface area contributed by atoms with E-state index in [-0.39, 0.29) is 18.5 Å². The molecule has 6 heteroatoms. The van der Waals surface area contributed by atoms with Crippen molar-refractivity contribution < 1.29 is 24.5 Å². The summed E-state index contributed by atoms with van der Waals surface area (Å²) in [7, 11) is 0. The SMILES string of the molecule is CCCCCCCCC/C=C\CCCCCCCCCC(=O)OCCCCCCCCC/C=C\CCCCCCCC(=O)NC(CO)C(O)CCCCCCCCCCCCCCCC. The fourth-order valence-electron chi connectivity index (χ4n) is 8.98. The van der Waals surface area contributed by atoms with Crippen molar-refractivity contribution >= 4 is 11.9 Å². The molecule has 0 spiro atoms. The minimum absolute atomic E-state index is 0.00547. The highest BCUT2D eigenvalue weighted by Crippen LogP contribution is 2.17. The number of ether oxygens (including phenoxy) is 1. The van der Waals surface area contributed by atoms with Crippen LogP contribution in [-0.4, -0.2) is 47.4 Å². The molecule has 2 atom stereocenters. The largest absolute Gasteiger partial charge is 0.466 e. The second-order valence-electron chi connectivity index (χ2n) is 20.0. The Bertz CT molecular complexity index is 1010. The maximum Gasteiger partial charge on any atom is 0.305 e. The maximum atomic E-state index is 12.5. The molecule has 0 aromatic rings. The van der Waals surface area contributed by atoms with Crippen molar-refractivity contribution in [2.75, 3.05) is 13.2 Å². The van der Waals surface area contributed by atoms with Crippen LogP contribution in [0.4, 0.5) is 0 Å². The topological polar surface area (TPSA) is 95.9 Å². The van der Waals surface area contributed by atoms with E-state index in [1.165, 1.54) is 218 Å². The monoisotopic (exact) mass is 916 g/mol. The van der Waals surface area contributed by atoms with Gasteiger partial charge in [-0.15, -0.1) is 0 Å². The number of carbonyl (C=O) groups is 2. The average molecular weight is 917 g/mol. The normalized spacial score (nSPS) is 12.7. The summed E-state index contributed by atoms with van der Waals surface area (Å²) in [6, 6.07) is -0.553. The molecule has 0 heterocycles. The Morgan fingerprint density at radius 3 is 1.09 bits per heavy atom. The first-order chi connectivity index (χ1) is 32.0. The quantitative estimate of drug-likeness (QED) is 0.0321. The van der Waals surface area contributed by atoms with Crippen LogP contribution in [-0.2, 0) is 14.3 Å². The molecule has 0 aliphatic rings. The van der Waals surface area contributed by atoms with Crippen molar-refractivity contribution in [1.29, 1.82) is 0 Å². The summed E-state index contributed by atoms with van der Waals surface area (Å²) in [4.78, 5) is 24.5. The Balaban J connectivity index is 3.45. The van der Waals surface area contributed by atoms with Crippen LogP contribution < -0.4 is 5.32 Å². The number of esters is 1. The number of amides is 1. The second kappa shape index (κ2) is 54.9. The van der Waals surface area contributed by atoms with Gasteiger partial charge in [0.15, 0.2) is 0 Å². The van der Waals surface area contributed by atoms with E-state index in [0.717, 1.165) is 64.2 Å². The minimum Gasteiger partial charge on any atom is -0.466 e. The van der Waals surface area contributed by atoms with Crippen LogP contribution in [0.1, 0.15) is 316 Å². The van der Waals surface area contributed by atoms with Gasteiger partial charge in [0.05, 0.1) is 25.4 Å². The van der Waals surface area contributed by atoms with Crippen LogP contribution in [0.25, 0.3) is 0 Å². The molecule has 0 radical (unpaired) electrons. The molecular formula is C59H113NO5. The average Bonchev–Trinajstić information content (AvgIpc) is 3.31. The number of unbranched alkanes of at least 4 members (excludes halogenated alkanes) is 39. The van der Waals surface area contributed by atoms with Gasteiger partial charge < -0.3 is 20.3 Å². The van der Waals surface area contributed by atoms with E-state index in [1.807, 2.05) is 0 Å². The molecular weight excluding hydrogens is 803 g/mol. The van der Waals surface area contributed by atoms with E-state index in [2.05, 4.69) is 43.5 Å². The summed E-state index contributed by atoms with van der Waals surface area (Å²) in [5.41, 5.74) is 0. The first-order valence-electron chi connectivity index (χ1n) is 29.1. The number of rotatable bonds is 54. The molecule has 6 nitrogen and oxygen atoms in total. The van der Waals surface area contributed by atoms with E-state index in [0.29, 0.717) is 25.9 Å². The predicted molar refractivity (Wildman–Crippen MR) is 283 cm³/mol. The van der Waals surface area contributed by atoms with Crippen molar-refractivity contribution in [2.45, 2.75) is 328 Å². The molecule has 0 rings (SSSR count). The van der Waals surface area contributed by atoms with Crippen molar-refractivity contribution in [3.8, 4) is 0 Å². The summed E-state index contributed by atoms with van der Waals surface area (Å²) in [5, 5.41) is 23.2. The van der Waals surface area contributed by atoms with E-state index in [1.54, 1.807) is 0 Å².